The van der Waals surface area contributed by atoms with E-state index < -0.39 is 17.7 Å². The summed E-state index contributed by atoms with van der Waals surface area (Å²) in [7, 11) is 0. The summed E-state index contributed by atoms with van der Waals surface area (Å²) >= 11 is 6.81. The van der Waals surface area contributed by atoms with Gasteiger partial charge in [0.1, 0.15) is 4.88 Å². The number of rotatable bonds is 4. The first-order valence-corrected chi connectivity index (χ1v) is 6.95. The summed E-state index contributed by atoms with van der Waals surface area (Å²) in [4.78, 5) is 11.1. The van der Waals surface area contributed by atoms with Crippen molar-refractivity contribution in [1.82, 2.24) is 0 Å². The highest BCUT2D eigenvalue weighted by molar-refractivity contribution is 7.12. The Morgan fingerprint density at radius 1 is 1.33 bits per heavy atom. The second kappa shape index (κ2) is 5.95. The fourth-order valence-electron chi connectivity index (χ4n) is 1.79. The Balaban J connectivity index is 2.28. The highest BCUT2D eigenvalue weighted by Crippen LogP contribution is 2.38. The molecule has 0 aliphatic heterocycles. The molecular formula is C13H9ClF3NO2S. The van der Waals surface area contributed by atoms with Gasteiger partial charge in [0.05, 0.1) is 16.3 Å². The van der Waals surface area contributed by atoms with E-state index in [9.17, 15) is 18.0 Å². The van der Waals surface area contributed by atoms with Crippen LogP contribution < -0.4 is 5.32 Å². The molecule has 1 heterocycles. The maximum Gasteiger partial charge on any atom is 0.418 e. The minimum absolute atomic E-state index is 0.0576. The molecule has 0 saturated carbocycles. The lowest BCUT2D eigenvalue weighted by Crippen LogP contribution is -2.12. The lowest BCUT2D eigenvalue weighted by molar-refractivity contribution is -0.137. The number of benzene rings is 1. The third kappa shape index (κ3) is 3.48. The number of nitrogens with one attached hydrogen (secondary N) is 1. The van der Waals surface area contributed by atoms with E-state index in [0.29, 0.717) is 5.56 Å². The van der Waals surface area contributed by atoms with E-state index in [2.05, 4.69) is 5.32 Å². The van der Waals surface area contributed by atoms with Crippen molar-refractivity contribution in [3.8, 4) is 0 Å². The van der Waals surface area contributed by atoms with Crippen molar-refractivity contribution >= 4 is 34.6 Å². The largest absolute Gasteiger partial charge is 0.477 e. The SMILES string of the molecule is O=C(O)c1sccc1CNc1c(Cl)cccc1C(F)(F)F. The number of hydrogen-bond donors (Lipinski definition) is 2. The van der Waals surface area contributed by atoms with Crippen molar-refractivity contribution in [2.45, 2.75) is 12.7 Å². The molecule has 0 fully saturated rings. The van der Waals surface area contributed by atoms with Gasteiger partial charge in [0.15, 0.2) is 0 Å². The van der Waals surface area contributed by atoms with Crippen LogP contribution >= 0.6 is 22.9 Å². The fourth-order valence-corrected chi connectivity index (χ4v) is 2.79. The number of alkyl halides is 3. The first kappa shape index (κ1) is 15.7. The van der Waals surface area contributed by atoms with Crippen molar-refractivity contribution < 1.29 is 23.1 Å². The van der Waals surface area contributed by atoms with Crippen LogP contribution in [0.3, 0.4) is 0 Å². The predicted molar refractivity (Wildman–Crippen MR) is 75.1 cm³/mol. The van der Waals surface area contributed by atoms with E-state index in [1.165, 1.54) is 12.1 Å². The van der Waals surface area contributed by atoms with E-state index in [1.54, 1.807) is 11.4 Å². The van der Waals surface area contributed by atoms with Gasteiger partial charge in [-0.25, -0.2) is 4.79 Å². The van der Waals surface area contributed by atoms with Gasteiger partial charge in [-0.05, 0) is 29.1 Å². The minimum Gasteiger partial charge on any atom is -0.477 e. The summed E-state index contributed by atoms with van der Waals surface area (Å²) in [5.74, 6) is -1.11. The Labute approximate surface area is 127 Å². The molecule has 1 aromatic heterocycles. The second-order valence-electron chi connectivity index (χ2n) is 4.09. The fraction of sp³-hybridized carbons (Fsp3) is 0.154. The number of carboxylic acid groups (broad SMARTS) is 1. The Kier molecular flexibility index (Phi) is 4.43. The first-order valence-electron chi connectivity index (χ1n) is 5.70. The molecular weight excluding hydrogens is 327 g/mol. The predicted octanol–water partition coefficient (Wildman–Crippen LogP) is 4.73. The lowest BCUT2D eigenvalue weighted by Gasteiger charge is -2.15. The van der Waals surface area contributed by atoms with Crippen molar-refractivity contribution in [1.29, 1.82) is 0 Å². The maximum atomic E-state index is 12.9. The van der Waals surface area contributed by atoms with Crippen LogP contribution in [0, 0.1) is 0 Å². The van der Waals surface area contributed by atoms with E-state index in [4.69, 9.17) is 16.7 Å². The Morgan fingerprint density at radius 2 is 2.05 bits per heavy atom. The van der Waals surface area contributed by atoms with Crippen LogP contribution in [0.2, 0.25) is 5.02 Å². The van der Waals surface area contributed by atoms with E-state index >= 15 is 0 Å². The van der Waals surface area contributed by atoms with E-state index in [0.717, 1.165) is 17.4 Å². The number of thiophene rings is 1. The van der Waals surface area contributed by atoms with Gasteiger partial charge in [0, 0.05) is 6.54 Å². The molecule has 0 aliphatic rings. The maximum absolute atomic E-state index is 12.9. The molecule has 2 aromatic rings. The molecule has 0 saturated heterocycles. The zero-order valence-electron chi connectivity index (χ0n) is 10.4. The number of carbonyl (C=O) groups is 1. The van der Waals surface area contributed by atoms with Crippen LogP contribution in [0.25, 0.3) is 0 Å². The smallest absolute Gasteiger partial charge is 0.418 e. The van der Waals surface area contributed by atoms with E-state index in [-0.39, 0.29) is 22.1 Å². The van der Waals surface area contributed by atoms with Crippen LogP contribution in [0.5, 0.6) is 0 Å². The number of carboxylic acids is 1. The van der Waals surface area contributed by atoms with Crippen LogP contribution in [-0.4, -0.2) is 11.1 Å². The van der Waals surface area contributed by atoms with Crippen LogP contribution in [-0.2, 0) is 12.7 Å². The summed E-state index contributed by atoms with van der Waals surface area (Å²) in [5.41, 5.74) is -0.739. The second-order valence-corrected chi connectivity index (χ2v) is 5.42. The molecule has 0 bridgehead atoms. The summed E-state index contributed by atoms with van der Waals surface area (Å²) in [6.07, 6.45) is -4.54. The number of hydrogen-bond acceptors (Lipinski definition) is 3. The third-order valence-corrected chi connectivity index (χ3v) is 3.98. The molecule has 21 heavy (non-hydrogen) atoms. The van der Waals surface area contributed by atoms with Gasteiger partial charge in [-0.2, -0.15) is 13.2 Å². The summed E-state index contributed by atoms with van der Waals surface area (Å²) in [5, 5.41) is 13.0. The molecule has 2 N–H and O–H groups in total. The van der Waals surface area contributed by atoms with Crippen molar-refractivity contribution in [3.63, 3.8) is 0 Å². The third-order valence-electron chi connectivity index (χ3n) is 2.72. The molecule has 0 unspecified atom stereocenters. The van der Waals surface area contributed by atoms with Gasteiger partial charge in [-0.3, -0.25) is 0 Å². The average Bonchev–Trinajstić information content (AvgIpc) is 2.84. The molecule has 0 radical (unpaired) electrons. The summed E-state index contributed by atoms with van der Waals surface area (Å²) < 4.78 is 38.7. The number of halogens is 4. The first-order chi connectivity index (χ1) is 9.80. The Bertz CT molecular complexity index is 670. The minimum atomic E-state index is -4.54. The van der Waals surface area contributed by atoms with Gasteiger partial charge in [0.25, 0.3) is 0 Å². The van der Waals surface area contributed by atoms with Crippen LogP contribution in [0.15, 0.2) is 29.6 Å². The lowest BCUT2D eigenvalue weighted by atomic mass is 10.1. The summed E-state index contributed by atoms with van der Waals surface area (Å²) in [6.45, 7) is -0.0576. The molecule has 0 spiro atoms. The molecule has 0 atom stereocenters. The highest BCUT2D eigenvalue weighted by Gasteiger charge is 2.34. The van der Waals surface area contributed by atoms with Crippen LogP contribution in [0.4, 0.5) is 18.9 Å². The quantitative estimate of drug-likeness (QED) is 0.849. The van der Waals surface area contributed by atoms with E-state index in [1.807, 2.05) is 0 Å². The van der Waals surface area contributed by atoms with Gasteiger partial charge in [-0.15, -0.1) is 11.3 Å². The molecule has 1 aromatic carbocycles. The van der Waals surface area contributed by atoms with Gasteiger partial charge in [0.2, 0.25) is 0 Å². The zero-order valence-corrected chi connectivity index (χ0v) is 11.9. The Hall–Kier alpha value is -1.73. The highest BCUT2D eigenvalue weighted by atomic mass is 35.5. The van der Waals surface area contributed by atoms with Gasteiger partial charge < -0.3 is 10.4 Å². The summed E-state index contributed by atoms with van der Waals surface area (Å²) in [6, 6.07) is 5.01. The molecule has 0 amide bonds. The molecule has 112 valence electrons. The molecule has 3 nitrogen and oxygen atoms in total. The number of para-hydroxylation sites is 1. The Morgan fingerprint density at radius 3 is 2.67 bits per heavy atom. The van der Waals surface area contributed by atoms with Crippen molar-refractivity contribution in [2.75, 3.05) is 5.32 Å². The van der Waals surface area contributed by atoms with Crippen LogP contribution in [0.1, 0.15) is 20.8 Å². The van der Waals surface area contributed by atoms with Gasteiger partial charge >= 0.3 is 12.1 Å². The normalized spacial score (nSPS) is 11.4. The standard InChI is InChI=1S/C13H9ClF3NO2S/c14-9-3-1-2-8(13(15,16)17)10(9)18-6-7-4-5-21-11(7)12(19)20/h1-5,18H,6H2,(H,19,20). The molecule has 0 aliphatic carbocycles. The molecule has 8 heteroatoms. The average molecular weight is 336 g/mol. The monoisotopic (exact) mass is 335 g/mol. The van der Waals surface area contributed by atoms with Crippen molar-refractivity contribution in [2.24, 2.45) is 0 Å². The molecule has 2 rings (SSSR count). The number of anilines is 1. The topological polar surface area (TPSA) is 49.3 Å². The van der Waals surface area contributed by atoms with Gasteiger partial charge in [-0.1, -0.05) is 17.7 Å². The van der Waals surface area contributed by atoms with Crippen molar-refractivity contribution in [3.05, 3.63) is 50.7 Å². The zero-order chi connectivity index (χ0) is 15.6. The number of aromatic carboxylic acids is 1.